The zero-order valence-corrected chi connectivity index (χ0v) is 18.9. The average Bonchev–Trinajstić information content (AvgIpc) is 3.07. The van der Waals surface area contributed by atoms with Crippen LogP contribution in [0.1, 0.15) is 60.5 Å². The number of hydrogen-bond acceptors (Lipinski definition) is 5. The number of benzene rings is 1. The Bertz CT molecular complexity index is 711. The van der Waals surface area contributed by atoms with E-state index in [1.807, 2.05) is 20.8 Å². The minimum atomic E-state index is -0.471. The molecule has 0 bridgehead atoms. The van der Waals surface area contributed by atoms with E-state index >= 15 is 0 Å². The van der Waals surface area contributed by atoms with E-state index in [2.05, 4.69) is 62.2 Å². The van der Waals surface area contributed by atoms with Crippen LogP contribution in [-0.2, 0) is 20.6 Å². The topological polar surface area (TPSA) is 60.0 Å². The van der Waals surface area contributed by atoms with Gasteiger partial charge in [0.05, 0.1) is 11.2 Å². The smallest absolute Gasteiger partial charge is 0.444 e. The fourth-order valence-corrected chi connectivity index (χ4v) is 3.59. The van der Waals surface area contributed by atoms with Crippen molar-refractivity contribution in [1.29, 1.82) is 0 Å². The van der Waals surface area contributed by atoms with E-state index in [1.54, 1.807) is 0 Å². The minimum absolute atomic E-state index is 0.133. The molecule has 2 heterocycles. The van der Waals surface area contributed by atoms with E-state index < -0.39 is 5.60 Å². The first kappa shape index (κ1) is 22.1. The van der Waals surface area contributed by atoms with Crippen LogP contribution < -0.4 is 10.8 Å². The Hall–Kier alpha value is -1.57. The third-order valence-electron chi connectivity index (χ3n) is 5.90. The molecule has 3 rings (SSSR count). The molecule has 0 aliphatic carbocycles. The molecule has 160 valence electrons. The zero-order valence-electron chi connectivity index (χ0n) is 18.9. The Balaban J connectivity index is 1.50. The summed E-state index contributed by atoms with van der Waals surface area (Å²) in [5.41, 5.74) is 1.15. The molecular weight excluding hydrogens is 367 g/mol. The number of nitrogens with zero attached hydrogens (tertiary/aromatic N) is 1. The maximum absolute atomic E-state index is 12.0. The Morgan fingerprint density at radius 3 is 2.31 bits per heavy atom. The van der Waals surface area contributed by atoms with Gasteiger partial charge in [0.2, 0.25) is 0 Å². The van der Waals surface area contributed by atoms with Crippen molar-refractivity contribution in [2.75, 3.05) is 13.1 Å². The van der Waals surface area contributed by atoms with Crippen molar-refractivity contribution in [3.8, 4) is 0 Å². The molecule has 0 aromatic heterocycles. The maximum atomic E-state index is 12.0. The second-order valence-electron chi connectivity index (χ2n) is 10.2. The van der Waals surface area contributed by atoms with Gasteiger partial charge < -0.3 is 19.4 Å². The van der Waals surface area contributed by atoms with E-state index in [4.69, 9.17) is 14.0 Å². The number of alkyl carbamates (subject to hydrolysis) is 1. The van der Waals surface area contributed by atoms with Gasteiger partial charge in [0.15, 0.2) is 0 Å². The monoisotopic (exact) mass is 402 g/mol. The normalized spacial score (nSPS) is 24.0. The lowest BCUT2D eigenvalue weighted by Crippen LogP contribution is -2.41. The van der Waals surface area contributed by atoms with Crippen molar-refractivity contribution in [2.45, 2.75) is 84.3 Å². The summed E-state index contributed by atoms with van der Waals surface area (Å²) in [7, 11) is -0.330. The predicted molar refractivity (Wildman–Crippen MR) is 115 cm³/mol. The SMILES string of the molecule is CC(C)(C)OC(=O)N[C@H]1CCN(Cc2ccc(B3OC(C)(C)C(C)(C)O3)cc2)C1. The Morgan fingerprint density at radius 1 is 1.17 bits per heavy atom. The molecule has 2 fully saturated rings. The number of carbonyl (C=O) groups excluding carboxylic acids is 1. The van der Waals surface area contributed by atoms with Gasteiger partial charge in [0.25, 0.3) is 0 Å². The van der Waals surface area contributed by atoms with Gasteiger partial charge in [-0.25, -0.2) is 4.79 Å². The number of carbonyl (C=O) groups is 1. The summed E-state index contributed by atoms with van der Waals surface area (Å²) in [6.07, 6.45) is 0.599. The molecule has 1 N–H and O–H groups in total. The molecule has 2 saturated heterocycles. The number of rotatable bonds is 4. The van der Waals surface area contributed by atoms with Gasteiger partial charge in [-0.1, -0.05) is 24.3 Å². The molecule has 0 unspecified atom stereocenters. The lowest BCUT2D eigenvalue weighted by molar-refractivity contribution is 0.00578. The van der Waals surface area contributed by atoms with E-state index in [1.165, 1.54) is 5.56 Å². The van der Waals surface area contributed by atoms with Crippen LogP contribution in [0.15, 0.2) is 24.3 Å². The van der Waals surface area contributed by atoms with Gasteiger partial charge in [-0.05, 0) is 65.9 Å². The Morgan fingerprint density at radius 2 is 1.76 bits per heavy atom. The molecule has 0 saturated carbocycles. The van der Waals surface area contributed by atoms with Gasteiger partial charge in [-0.3, -0.25) is 4.90 Å². The number of likely N-dealkylation sites (tertiary alicyclic amines) is 1. The van der Waals surface area contributed by atoms with E-state index in [0.29, 0.717) is 0 Å². The van der Waals surface area contributed by atoms with Crippen LogP contribution >= 0.6 is 0 Å². The number of amides is 1. The molecule has 0 radical (unpaired) electrons. The average molecular weight is 402 g/mol. The molecule has 1 amide bonds. The summed E-state index contributed by atoms with van der Waals surface area (Å²) < 4.78 is 17.6. The quantitative estimate of drug-likeness (QED) is 0.785. The second kappa shape index (κ2) is 7.93. The highest BCUT2D eigenvalue weighted by atomic mass is 16.7. The highest BCUT2D eigenvalue weighted by Crippen LogP contribution is 2.36. The van der Waals surface area contributed by atoms with Crippen LogP contribution in [0.4, 0.5) is 4.79 Å². The van der Waals surface area contributed by atoms with Crippen LogP contribution in [0.3, 0.4) is 0 Å². The van der Waals surface area contributed by atoms with Gasteiger partial charge in [0.1, 0.15) is 5.60 Å². The molecular formula is C22H35BN2O4. The lowest BCUT2D eigenvalue weighted by Gasteiger charge is -2.32. The molecule has 29 heavy (non-hydrogen) atoms. The van der Waals surface area contributed by atoms with Crippen LogP contribution in [-0.4, -0.2) is 54.0 Å². The van der Waals surface area contributed by atoms with E-state index in [9.17, 15) is 4.79 Å². The summed E-state index contributed by atoms with van der Waals surface area (Å²) in [6.45, 7) is 16.5. The fraction of sp³-hybridized carbons (Fsp3) is 0.682. The van der Waals surface area contributed by atoms with Crippen LogP contribution in [0, 0.1) is 0 Å². The highest BCUT2D eigenvalue weighted by Gasteiger charge is 2.51. The molecule has 7 heteroatoms. The number of hydrogen-bond donors (Lipinski definition) is 1. The maximum Gasteiger partial charge on any atom is 0.494 e. The summed E-state index contributed by atoms with van der Waals surface area (Å²) in [4.78, 5) is 14.3. The molecule has 1 aromatic rings. The van der Waals surface area contributed by atoms with Gasteiger partial charge in [0, 0.05) is 25.7 Å². The van der Waals surface area contributed by atoms with Crippen LogP contribution in [0.5, 0.6) is 0 Å². The van der Waals surface area contributed by atoms with Gasteiger partial charge in [-0.2, -0.15) is 0 Å². The first-order valence-electron chi connectivity index (χ1n) is 10.5. The number of ether oxygens (including phenoxy) is 1. The van der Waals surface area contributed by atoms with Gasteiger partial charge >= 0.3 is 13.2 Å². The minimum Gasteiger partial charge on any atom is -0.444 e. The summed E-state index contributed by atoms with van der Waals surface area (Å²) in [5.74, 6) is 0. The van der Waals surface area contributed by atoms with Crippen molar-refractivity contribution < 1.29 is 18.8 Å². The van der Waals surface area contributed by atoms with Crippen molar-refractivity contribution in [3.05, 3.63) is 29.8 Å². The Kier molecular flexibility index (Phi) is 6.05. The van der Waals surface area contributed by atoms with E-state index in [0.717, 1.165) is 31.5 Å². The third kappa shape index (κ3) is 5.53. The van der Waals surface area contributed by atoms with Crippen molar-refractivity contribution >= 4 is 18.7 Å². The zero-order chi connectivity index (χ0) is 21.4. The predicted octanol–water partition coefficient (Wildman–Crippen LogP) is 3.08. The number of nitrogens with one attached hydrogen (secondary N) is 1. The highest BCUT2D eigenvalue weighted by molar-refractivity contribution is 6.62. The van der Waals surface area contributed by atoms with Crippen LogP contribution in [0.2, 0.25) is 0 Å². The summed E-state index contributed by atoms with van der Waals surface area (Å²) in [6, 6.07) is 8.58. The molecule has 0 spiro atoms. The summed E-state index contributed by atoms with van der Waals surface area (Å²) in [5, 5.41) is 2.98. The standard InChI is InChI=1S/C22H35BN2O4/c1-20(2,3)27-19(26)24-18-12-13-25(15-18)14-16-8-10-17(11-9-16)23-28-21(4,5)22(6,7)29-23/h8-11,18H,12-15H2,1-7H3,(H,24,26)/t18-/m0/s1. The molecule has 6 nitrogen and oxygen atoms in total. The first-order valence-corrected chi connectivity index (χ1v) is 10.5. The first-order chi connectivity index (χ1) is 13.3. The Labute approximate surface area is 175 Å². The van der Waals surface area contributed by atoms with Gasteiger partial charge in [-0.15, -0.1) is 0 Å². The van der Waals surface area contributed by atoms with Crippen molar-refractivity contribution in [2.24, 2.45) is 0 Å². The molecule has 1 aromatic carbocycles. The second-order valence-corrected chi connectivity index (χ2v) is 10.2. The largest absolute Gasteiger partial charge is 0.494 e. The lowest BCUT2D eigenvalue weighted by atomic mass is 9.79. The third-order valence-corrected chi connectivity index (χ3v) is 5.90. The summed E-state index contributed by atoms with van der Waals surface area (Å²) >= 11 is 0. The van der Waals surface area contributed by atoms with Crippen molar-refractivity contribution in [3.63, 3.8) is 0 Å². The molecule has 2 aliphatic heterocycles. The van der Waals surface area contributed by atoms with E-state index in [-0.39, 0.29) is 30.5 Å². The van der Waals surface area contributed by atoms with Crippen LogP contribution in [0.25, 0.3) is 0 Å². The van der Waals surface area contributed by atoms with Crippen molar-refractivity contribution in [1.82, 2.24) is 10.2 Å². The fourth-order valence-electron chi connectivity index (χ4n) is 3.59. The molecule has 1 atom stereocenters. The molecule has 2 aliphatic rings.